The molecule has 2 saturated heterocycles. The molecule has 2 aromatic rings. The van der Waals surface area contributed by atoms with Gasteiger partial charge in [-0.05, 0) is 56.5 Å². The van der Waals surface area contributed by atoms with Gasteiger partial charge in [0.25, 0.3) is 5.91 Å². The zero-order chi connectivity index (χ0) is 18.5. The van der Waals surface area contributed by atoms with E-state index < -0.39 is 0 Å². The molecule has 2 aliphatic rings. The van der Waals surface area contributed by atoms with Crippen molar-refractivity contribution in [1.82, 2.24) is 14.8 Å². The van der Waals surface area contributed by atoms with Gasteiger partial charge < -0.3 is 9.80 Å². The Morgan fingerprint density at radius 1 is 1.04 bits per heavy atom. The number of carbonyl (C=O) groups excluding carboxylic acids is 1. The van der Waals surface area contributed by atoms with Crippen LogP contribution in [0.25, 0.3) is 0 Å². The maximum absolute atomic E-state index is 13.0. The molecule has 1 aromatic carbocycles. The fraction of sp³-hybridized carbons (Fsp3) is 0.455. The summed E-state index contributed by atoms with van der Waals surface area (Å²) in [6.45, 7) is 4.26. The summed E-state index contributed by atoms with van der Waals surface area (Å²) in [5.41, 5.74) is 1.87. The van der Waals surface area contributed by atoms with Crippen molar-refractivity contribution in [2.45, 2.75) is 42.4 Å². The minimum atomic E-state index is 0.0938. The number of pyridine rings is 1. The number of thioether (sulfide) groups is 1. The van der Waals surface area contributed by atoms with Gasteiger partial charge in [-0.25, -0.2) is 4.98 Å². The second-order valence-electron chi connectivity index (χ2n) is 7.46. The molecule has 0 saturated carbocycles. The van der Waals surface area contributed by atoms with Crippen molar-refractivity contribution < 1.29 is 4.79 Å². The molecule has 1 amide bonds. The maximum atomic E-state index is 13.0. The van der Waals surface area contributed by atoms with E-state index in [-0.39, 0.29) is 5.91 Å². The smallest absolute Gasteiger partial charge is 0.272 e. The molecule has 27 heavy (non-hydrogen) atoms. The number of aromatic nitrogens is 1. The topological polar surface area (TPSA) is 36.4 Å². The molecule has 1 atom stereocenters. The highest BCUT2D eigenvalue weighted by Crippen LogP contribution is 2.24. The third kappa shape index (κ3) is 4.71. The first-order chi connectivity index (χ1) is 13.3. The molecule has 4 nitrogen and oxygen atoms in total. The van der Waals surface area contributed by atoms with Gasteiger partial charge in [-0.15, -0.1) is 11.8 Å². The van der Waals surface area contributed by atoms with E-state index in [2.05, 4.69) is 39.0 Å². The summed E-state index contributed by atoms with van der Waals surface area (Å²) in [5.74, 6) is 1.01. The van der Waals surface area contributed by atoms with Crippen LogP contribution in [-0.2, 0) is 5.75 Å². The largest absolute Gasteiger partial charge is 0.333 e. The first kappa shape index (κ1) is 18.5. The lowest BCUT2D eigenvalue weighted by Crippen LogP contribution is -2.42. The van der Waals surface area contributed by atoms with Crippen LogP contribution in [-0.4, -0.2) is 52.9 Å². The average Bonchev–Trinajstić information content (AvgIpc) is 3.40. The predicted molar refractivity (Wildman–Crippen MR) is 110 cm³/mol. The van der Waals surface area contributed by atoms with Crippen molar-refractivity contribution in [3.63, 3.8) is 0 Å². The van der Waals surface area contributed by atoms with E-state index in [0.717, 1.165) is 36.6 Å². The van der Waals surface area contributed by atoms with Gasteiger partial charge in [0, 0.05) is 36.0 Å². The van der Waals surface area contributed by atoms with Crippen LogP contribution in [0.5, 0.6) is 0 Å². The van der Waals surface area contributed by atoms with Crippen molar-refractivity contribution in [1.29, 1.82) is 0 Å². The van der Waals surface area contributed by atoms with Gasteiger partial charge in [-0.3, -0.25) is 4.79 Å². The number of amides is 1. The Balaban J connectivity index is 1.35. The number of nitrogens with zero attached hydrogens (tertiary/aromatic N) is 3. The third-order valence-corrected chi connectivity index (χ3v) is 6.56. The highest BCUT2D eigenvalue weighted by Gasteiger charge is 2.31. The summed E-state index contributed by atoms with van der Waals surface area (Å²) >= 11 is 1.75. The van der Waals surface area contributed by atoms with E-state index in [9.17, 15) is 4.79 Å². The average molecular weight is 382 g/mol. The van der Waals surface area contributed by atoms with Gasteiger partial charge in [-0.1, -0.05) is 30.3 Å². The molecule has 142 valence electrons. The summed E-state index contributed by atoms with van der Waals surface area (Å²) in [6.07, 6.45) is 6.66. The first-order valence-corrected chi connectivity index (χ1v) is 10.9. The van der Waals surface area contributed by atoms with Gasteiger partial charge in [0.1, 0.15) is 5.69 Å². The highest BCUT2D eigenvalue weighted by atomic mass is 32.2. The number of hydrogen-bond acceptors (Lipinski definition) is 4. The van der Waals surface area contributed by atoms with E-state index in [4.69, 9.17) is 0 Å². The van der Waals surface area contributed by atoms with E-state index in [1.165, 1.54) is 31.5 Å². The number of likely N-dealkylation sites (tertiary alicyclic amines) is 2. The van der Waals surface area contributed by atoms with Gasteiger partial charge >= 0.3 is 0 Å². The first-order valence-electron chi connectivity index (χ1n) is 9.96. The van der Waals surface area contributed by atoms with Gasteiger partial charge in [0.15, 0.2) is 0 Å². The molecule has 0 spiro atoms. The number of carbonyl (C=O) groups is 1. The second-order valence-corrected chi connectivity index (χ2v) is 8.50. The van der Waals surface area contributed by atoms with Crippen molar-refractivity contribution in [2.75, 3.05) is 26.2 Å². The van der Waals surface area contributed by atoms with Gasteiger partial charge in [0.2, 0.25) is 0 Å². The fourth-order valence-corrected chi connectivity index (χ4v) is 4.85. The van der Waals surface area contributed by atoms with Crippen LogP contribution in [0.2, 0.25) is 0 Å². The monoisotopic (exact) mass is 381 g/mol. The molecular formula is C22H27N3OS. The highest BCUT2D eigenvalue weighted by molar-refractivity contribution is 7.98. The van der Waals surface area contributed by atoms with Crippen LogP contribution in [0.4, 0.5) is 0 Å². The zero-order valence-electron chi connectivity index (χ0n) is 15.7. The number of rotatable bonds is 6. The van der Waals surface area contributed by atoms with Crippen LogP contribution in [0.15, 0.2) is 53.6 Å². The molecule has 2 fully saturated rings. The summed E-state index contributed by atoms with van der Waals surface area (Å²) in [4.78, 5) is 23.1. The van der Waals surface area contributed by atoms with Gasteiger partial charge in [-0.2, -0.15) is 0 Å². The van der Waals surface area contributed by atoms with E-state index in [0.29, 0.717) is 11.7 Å². The molecule has 2 aliphatic heterocycles. The van der Waals surface area contributed by atoms with E-state index in [1.54, 1.807) is 11.8 Å². The lowest BCUT2D eigenvalue weighted by atomic mass is 10.2. The Labute approximate surface area is 166 Å². The Morgan fingerprint density at radius 3 is 2.59 bits per heavy atom. The van der Waals surface area contributed by atoms with Crippen LogP contribution < -0.4 is 0 Å². The maximum Gasteiger partial charge on any atom is 0.272 e. The van der Waals surface area contributed by atoms with Crippen LogP contribution in [0, 0.1) is 0 Å². The van der Waals surface area contributed by atoms with Crippen molar-refractivity contribution in [3.8, 4) is 0 Å². The molecule has 1 aromatic heterocycles. The molecule has 0 bridgehead atoms. The Kier molecular flexibility index (Phi) is 6.10. The number of benzene rings is 1. The lowest BCUT2D eigenvalue weighted by Gasteiger charge is -2.28. The van der Waals surface area contributed by atoms with Crippen molar-refractivity contribution in [3.05, 3.63) is 59.9 Å². The fourth-order valence-electron chi connectivity index (χ4n) is 4.04. The second kappa shape index (κ2) is 8.89. The normalized spacial score (nSPS) is 20.3. The molecule has 0 aliphatic carbocycles. The molecular weight excluding hydrogens is 354 g/mol. The molecule has 1 unspecified atom stereocenters. The van der Waals surface area contributed by atoms with Crippen molar-refractivity contribution >= 4 is 17.7 Å². The summed E-state index contributed by atoms with van der Waals surface area (Å²) in [5, 5.41) is 0. The van der Waals surface area contributed by atoms with Crippen LogP contribution in [0.1, 0.15) is 41.7 Å². The SMILES string of the molecule is O=C(c1ccc(SCc2ccccc2)cn1)N1CCCC1CN1CCCC1. The molecule has 0 N–H and O–H groups in total. The lowest BCUT2D eigenvalue weighted by molar-refractivity contribution is 0.0702. The van der Waals surface area contributed by atoms with Gasteiger partial charge in [0.05, 0.1) is 0 Å². The Morgan fingerprint density at radius 2 is 1.85 bits per heavy atom. The molecule has 3 heterocycles. The summed E-state index contributed by atoms with van der Waals surface area (Å²) < 4.78 is 0. The summed E-state index contributed by atoms with van der Waals surface area (Å²) in [6, 6.07) is 14.7. The molecule has 0 radical (unpaired) electrons. The zero-order valence-corrected chi connectivity index (χ0v) is 16.5. The minimum Gasteiger partial charge on any atom is -0.333 e. The van der Waals surface area contributed by atoms with E-state index in [1.807, 2.05) is 24.4 Å². The number of hydrogen-bond donors (Lipinski definition) is 0. The van der Waals surface area contributed by atoms with Crippen LogP contribution >= 0.6 is 11.8 Å². The van der Waals surface area contributed by atoms with E-state index >= 15 is 0 Å². The minimum absolute atomic E-state index is 0.0938. The Bertz CT molecular complexity index is 744. The third-order valence-electron chi connectivity index (χ3n) is 5.51. The van der Waals surface area contributed by atoms with Crippen molar-refractivity contribution in [2.24, 2.45) is 0 Å². The van der Waals surface area contributed by atoms with Crippen LogP contribution in [0.3, 0.4) is 0 Å². The quantitative estimate of drug-likeness (QED) is 0.707. The molecule has 4 rings (SSSR count). The Hall–Kier alpha value is -1.85. The standard InChI is InChI=1S/C22H27N3OS/c26-22(25-14-6-9-19(25)16-24-12-4-5-13-24)21-11-10-20(15-23-21)27-17-18-7-2-1-3-8-18/h1-3,7-8,10-11,15,19H,4-6,9,12-14,16-17H2. The predicted octanol–water partition coefficient (Wildman–Crippen LogP) is 4.07. The summed E-state index contributed by atoms with van der Waals surface area (Å²) in [7, 11) is 0. The molecule has 5 heteroatoms.